The number of aliphatic carboxylic acids is 1. The largest absolute Gasteiger partial charge is 0.507 e. The monoisotopic (exact) mass is 280 g/mol. The van der Waals surface area contributed by atoms with Gasteiger partial charge in [-0.3, -0.25) is 4.79 Å². The summed E-state index contributed by atoms with van der Waals surface area (Å²) >= 11 is 0. The van der Waals surface area contributed by atoms with Crippen LogP contribution in [0.3, 0.4) is 0 Å². The van der Waals surface area contributed by atoms with Gasteiger partial charge in [-0.1, -0.05) is 31.4 Å². The highest BCUT2D eigenvalue weighted by atomic mass is 16.4. The first-order chi connectivity index (χ1) is 9.52. The second kappa shape index (κ2) is 8.19. The van der Waals surface area contributed by atoms with Crippen molar-refractivity contribution in [3.8, 4) is 5.75 Å². The van der Waals surface area contributed by atoms with E-state index in [1.165, 1.54) is 6.07 Å². The number of aromatic hydroxyl groups is 1. The topological polar surface area (TPSA) is 94.8 Å². The number of benzene rings is 1. The SMILES string of the molecule is O=C(O)CCCCCCCc1cccc(O)c1C(=O)O. The van der Waals surface area contributed by atoms with Gasteiger partial charge in [0, 0.05) is 6.42 Å². The van der Waals surface area contributed by atoms with Gasteiger partial charge in [0.05, 0.1) is 0 Å². The van der Waals surface area contributed by atoms with Crippen LogP contribution in [0.2, 0.25) is 0 Å². The molecule has 0 aliphatic carbocycles. The molecule has 5 heteroatoms. The van der Waals surface area contributed by atoms with Crippen molar-refractivity contribution in [1.29, 1.82) is 0 Å². The molecule has 1 aromatic carbocycles. The number of hydrogen-bond acceptors (Lipinski definition) is 3. The molecule has 1 aromatic rings. The van der Waals surface area contributed by atoms with E-state index >= 15 is 0 Å². The first-order valence-corrected chi connectivity index (χ1v) is 6.78. The smallest absolute Gasteiger partial charge is 0.339 e. The van der Waals surface area contributed by atoms with Crippen molar-refractivity contribution >= 4 is 11.9 Å². The summed E-state index contributed by atoms with van der Waals surface area (Å²) < 4.78 is 0. The Morgan fingerprint density at radius 3 is 2.25 bits per heavy atom. The molecule has 0 heterocycles. The number of unbranched alkanes of at least 4 members (excludes halogenated alkanes) is 4. The fourth-order valence-electron chi connectivity index (χ4n) is 2.16. The van der Waals surface area contributed by atoms with Crippen LogP contribution >= 0.6 is 0 Å². The van der Waals surface area contributed by atoms with E-state index in [1.54, 1.807) is 12.1 Å². The molecule has 3 N–H and O–H groups in total. The Hall–Kier alpha value is -2.04. The predicted octanol–water partition coefficient (Wildman–Crippen LogP) is 3.06. The first-order valence-electron chi connectivity index (χ1n) is 6.78. The molecule has 110 valence electrons. The van der Waals surface area contributed by atoms with E-state index in [1.807, 2.05) is 0 Å². The van der Waals surface area contributed by atoms with Crippen LogP contribution in [0, 0.1) is 0 Å². The molecule has 0 saturated carbocycles. The summed E-state index contributed by atoms with van der Waals surface area (Å²) in [6.07, 6.45) is 5.06. The fourth-order valence-corrected chi connectivity index (χ4v) is 2.16. The summed E-state index contributed by atoms with van der Waals surface area (Å²) in [6, 6.07) is 4.73. The molecular formula is C15H20O5. The maximum Gasteiger partial charge on any atom is 0.339 e. The summed E-state index contributed by atoms with van der Waals surface area (Å²) in [6.45, 7) is 0. The molecule has 0 aliphatic heterocycles. The molecule has 1 rings (SSSR count). The molecular weight excluding hydrogens is 260 g/mol. The average Bonchev–Trinajstić information content (AvgIpc) is 2.36. The molecule has 0 radical (unpaired) electrons. The van der Waals surface area contributed by atoms with Crippen LogP contribution in [0.25, 0.3) is 0 Å². The summed E-state index contributed by atoms with van der Waals surface area (Å²) in [5.74, 6) is -2.08. The lowest BCUT2D eigenvalue weighted by Gasteiger charge is -2.07. The van der Waals surface area contributed by atoms with Gasteiger partial charge in [-0.2, -0.15) is 0 Å². The van der Waals surface area contributed by atoms with Gasteiger partial charge in [-0.05, 0) is 30.9 Å². The fraction of sp³-hybridized carbons (Fsp3) is 0.467. The maximum absolute atomic E-state index is 11.1. The van der Waals surface area contributed by atoms with Crippen LogP contribution in [-0.4, -0.2) is 27.3 Å². The zero-order valence-corrected chi connectivity index (χ0v) is 11.3. The van der Waals surface area contributed by atoms with E-state index in [0.717, 1.165) is 25.7 Å². The number of phenols is 1. The predicted molar refractivity (Wildman–Crippen MR) is 74.1 cm³/mol. The van der Waals surface area contributed by atoms with Gasteiger partial charge in [-0.25, -0.2) is 4.79 Å². The normalized spacial score (nSPS) is 10.4. The molecule has 0 bridgehead atoms. The average molecular weight is 280 g/mol. The lowest BCUT2D eigenvalue weighted by atomic mass is 9.99. The van der Waals surface area contributed by atoms with Crippen LogP contribution in [0.1, 0.15) is 54.4 Å². The van der Waals surface area contributed by atoms with Crippen LogP contribution in [0.4, 0.5) is 0 Å². The number of rotatable bonds is 9. The molecule has 0 amide bonds. The van der Waals surface area contributed by atoms with E-state index in [-0.39, 0.29) is 17.7 Å². The van der Waals surface area contributed by atoms with E-state index in [4.69, 9.17) is 10.2 Å². The van der Waals surface area contributed by atoms with Crippen molar-refractivity contribution < 1.29 is 24.9 Å². The van der Waals surface area contributed by atoms with Gasteiger partial charge in [0.1, 0.15) is 11.3 Å². The Bertz CT molecular complexity index is 467. The summed E-state index contributed by atoms with van der Waals surface area (Å²) in [5, 5.41) is 27.1. The standard InChI is InChI=1S/C15H20O5/c16-12-9-6-8-11(14(12)15(19)20)7-4-2-1-3-5-10-13(17)18/h6,8-9,16H,1-5,7,10H2,(H,17,18)(H,19,20). The third-order valence-electron chi connectivity index (χ3n) is 3.18. The van der Waals surface area contributed by atoms with E-state index in [0.29, 0.717) is 18.4 Å². The number of aryl methyl sites for hydroxylation is 1. The van der Waals surface area contributed by atoms with Gasteiger partial charge in [-0.15, -0.1) is 0 Å². The first kappa shape index (κ1) is 16.0. The van der Waals surface area contributed by atoms with Crippen molar-refractivity contribution in [3.05, 3.63) is 29.3 Å². The van der Waals surface area contributed by atoms with Gasteiger partial charge in [0.15, 0.2) is 0 Å². The van der Waals surface area contributed by atoms with E-state index < -0.39 is 11.9 Å². The van der Waals surface area contributed by atoms with Crippen LogP contribution in [0.15, 0.2) is 18.2 Å². The number of aromatic carboxylic acids is 1. The van der Waals surface area contributed by atoms with Crippen LogP contribution < -0.4 is 0 Å². The quantitative estimate of drug-likeness (QED) is 0.604. The minimum atomic E-state index is -1.11. The second-order valence-corrected chi connectivity index (χ2v) is 4.78. The zero-order valence-electron chi connectivity index (χ0n) is 11.3. The second-order valence-electron chi connectivity index (χ2n) is 4.78. The molecule has 0 spiro atoms. The molecule has 0 unspecified atom stereocenters. The highest BCUT2D eigenvalue weighted by Gasteiger charge is 2.14. The van der Waals surface area contributed by atoms with Gasteiger partial charge < -0.3 is 15.3 Å². The van der Waals surface area contributed by atoms with Crippen LogP contribution in [0.5, 0.6) is 5.75 Å². The minimum absolute atomic E-state index is 0.0154. The molecule has 20 heavy (non-hydrogen) atoms. The molecule has 0 aliphatic rings. The maximum atomic E-state index is 11.1. The minimum Gasteiger partial charge on any atom is -0.507 e. The Balaban J connectivity index is 2.34. The van der Waals surface area contributed by atoms with Gasteiger partial charge in [0.2, 0.25) is 0 Å². The number of carbonyl (C=O) groups is 2. The third-order valence-corrected chi connectivity index (χ3v) is 3.18. The Labute approximate surface area is 117 Å². The van der Waals surface area contributed by atoms with Gasteiger partial charge >= 0.3 is 11.9 Å². The molecule has 0 saturated heterocycles. The molecule has 0 fully saturated rings. The number of carboxylic acids is 2. The highest BCUT2D eigenvalue weighted by Crippen LogP contribution is 2.22. The lowest BCUT2D eigenvalue weighted by Crippen LogP contribution is -2.03. The van der Waals surface area contributed by atoms with Crippen molar-refractivity contribution in [1.82, 2.24) is 0 Å². The zero-order chi connectivity index (χ0) is 15.0. The summed E-state index contributed by atoms with van der Waals surface area (Å²) in [5.41, 5.74) is 0.626. The van der Waals surface area contributed by atoms with Crippen molar-refractivity contribution in [3.63, 3.8) is 0 Å². The van der Waals surface area contributed by atoms with Crippen molar-refractivity contribution in [2.45, 2.75) is 44.9 Å². The Kier molecular flexibility index (Phi) is 6.56. The van der Waals surface area contributed by atoms with Crippen LogP contribution in [-0.2, 0) is 11.2 Å². The molecule has 0 atom stereocenters. The Morgan fingerprint density at radius 2 is 1.60 bits per heavy atom. The van der Waals surface area contributed by atoms with E-state index in [2.05, 4.69) is 0 Å². The highest BCUT2D eigenvalue weighted by molar-refractivity contribution is 5.92. The molecule has 5 nitrogen and oxygen atoms in total. The third kappa shape index (κ3) is 5.30. The molecule has 0 aromatic heterocycles. The van der Waals surface area contributed by atoms with Crippen molar-refractivity contribution in [2.24, 2.45) is 0 Å². The van der Waals surface area contributed by atoms with Gasteiger partial charge in [0.25, 0.3) is 0 Å². The number of carboxylic acid groups (broad SMARTS) is 2. The summed E-state index contributed by atoms with van der Waals surface area (Å²) in [7, 11) is 0. The van der Waals surface area contributed by atoms with Crippen molar-refractivity contribution in [2.75, 3.05) is 0 Å². The lowest BCUT2D eigenvalue weighted by molar-refractivity contribution is -0.137. The summed E-state index contributed by atoms with van der Waals surface area (Å²) in [4.78, 5) is 21.4. The van der Waals surface area contributed by atoms with E-state index in [9.17, 15) is 14.7 Å². The Morgan fingerprint density at radius 1 is 0.950 bits per heavy atom. The number of hydrogen-bond donors (Lipinski definition) is 3.